The van der Waals surface area contributed by atoms with E-state index in [2.05, 4.69) is 0 Å². The molecule has 3 aromatic rings. The molecule has 30 heavy (non-hydrogen) atoms. The second-order valence-corrected chi connectivity index (χ2v) is 7.40. The van der Waals surface area contributed by atoms with Gasteiger partial charge in [0, 0.05) is 37.5 Å². The molecule has 1 fully saturated rings. The Morgan fingerprint density at radius 1 is 1.13 bits per heavy atom. The Morgan fingerprint density at radius 3 is 2.43 bits per heavy atom. The molecule has 0 saturated carbocycles. The van der Waals surface area contributed by atoms with E-state index < -0.39 is 6.10 Å². The molecule has 2 aromatic carbocycles. The number of rotatable bonds is 6. The van der Waals surface area contributed by atoms with Crippen LogP contribution in [0.25, 0.3) is 16.9 Å². The minimum absolute atomic E-state index is 0. The van der Waals surface area contributed by atoms with Gasteiger partial charge in [0.1, 0.15) is 6.10 Å². The second-order valence-electron chi connectivity index (χ2n) is 7.40. The molecule has 1 aliphatic rings. The molecule has 6 nitrogen and oxygen atoms in total. The number of halogens is 1. The summed E-state index contributed by atoms with van der Waals surface area (Å²) in [6, 6.07) is 20.0. The quantitative estimate of drug-likeness (QED) is 0.655. The number of para-hydroxylation sites is 1. The fourth-order valence-corrected chi connectivity index (χ4v) is 3.72. The molecule has 1 amide bonds. The van der Waals surface area contributed by atoms with Crippen molar-refractivity contribution in [3.8, 4) is 16.9 Å². The number of nitrogens with zero attached hydrogens (tertiary/aromatic N) is 3. The zero-order valence-corrected chi connectivity index (χ0v) is 17.8. The van der Waals surface area contributed by atoms with E-state index in [0.29, 0.717) is 13.1 Å². The van der Waals surface area contributed by atoms with E-state index in [1.165, 1.54) is 0 Å². The summed E-state index contributed by atoms with van der Waals surface area (Å²) in [5.41, 5.74) is 9.55. The lowest BCUT2D eigenvalue weighted by Gasteiger charge is -2.21. The molecule has 2 atom stereocenters. The van der Waals surface area contributed by atoms with Gasteiger partial charge in [-0.1, -0.05) is 48.5 Å². The van der Waals surface area contributed by atoms with E-state index in [4.69, 9.17) is 15.6 Å². The molecule has 1 aromatic heterocycles. The van der Waals surface area contributed by atoms with Crippen molar-refractivity contribution in [3.05, 3.63) is 72.4 Å². The molecular formula is C23H27ClN4O2. The molecule has 1 saturated heterocycles. The SMILES string of the molecule is CN(Cc1cn(-c2ccccc2)nc1-c1ccccc1)C(=O)[C@@H]1CC[C@H](CN)O1.Cl. The van der Waals surface area contributed by atoms with Crippen LogP contribution in [0.1, 0.15) is 18.4 Å². The van der Waals surface area contributed by atoms with E-state index in [9.17, 15) is 4.79 Å². The number of ether oxygens (including phenoxy) is 1. The number of likely N-dealkylation sites (N-methyl/N-ethyl adjacent to an activating group) is 1. The first kappa shape index (κ1) is 22.0. The van der Waals surface area contributed by atoms with Crippen molar-refractivity contribution in [2.45, 2.75) is 31.6 Å². The van der Waals surface area contributed by atoms with Gasteiger partial charge in [0.15, 0.2) is 0 Å². The van der Waals surface area contributed by atoms with E-state index >= 15 is 0 Å². The first-order valence-corrected chi connectivity index (χ1v) is 9.95. The van der Waals surface area contributed by atoms with Crippen LogP contribution < -0.4 is 5.73 Å². The van der Waals surface area contributed by atoms with Gasteiger partial charge in [-0.15, -0.1) is 12.4 Å². The highest BCUT2D eigenvalue weighted by atomic mass is 35.5. The van der Waals surface area contributed by atoms with E-state index in [-0.39, 0.29) is 24.4 Å². The average Bonchev–Trinajstić information content (AvgIpc) is 3.42. The van der Waals surface area contributed by atoms with Crippen LogP contribution in [0.5, 0.6) is 0 Å². The van der Waals surface area contributed by atoms with Gasteiger partial charge in [-0.3, -0.25) is 4.79 Å². The molecular weight excluding hydrogens is 400 g/mol. The summed E-state index contributed by atoms with van der Waals surface area (Å²) in [5, 5.41) is 4.82. The van der Waals surface area contributed by atoms with Crippen molar-refractivity contribution in [3.63, 3.8) is 0 Å². The van der Waals surface area contributed by atoms with Crippen molar-refractivity contribution >= 4 is 18.3 Å². The van der Waals surface area contributed by atoms with Crippen LogP contribution in [0.2, 0.25) is 0 Å². The first-order valence-electron chi connectivity index (χ1n) is 9.95. The Morgan fingerprint density at radius 2 is 1.80 bits per heavy atom. The third-order valence-electron chi connectivity index (χ3n) is 5.29. The van der Waals surface area contributed by atoms with Crippen molar-refractivity contribution in [1.82, 2.24) is 14.7 Å². The third kappa shape index (κ3) is 4.73. The van der Waals surface area contributed by atoms with Crippen LogP contribution in [0.3, 0.4) is 0 Å². The Kier molecular flexibility index (Phi) is 7.26. The Bertz CT molecular complexity index is 962. The summed E-state index contributed by atoms with van der Waals surface area (Å²) in [4.78, 5) is 14.6. The number of hydrogen-bond acceptors (Lipinski definition) is 4. The first-order chi connectivity index (χ1) is 14.2. The maximum atomic E-state index is 12.9. The molecule has 2 N–H and O–H groups in total. The van der Waals surface area contributed by atoms with Gasteiger partial charge in [0.25, 0.3) is 5.91 Å². The van der Waals surface area contributed by atoms with Gasteiger partial charge < -0.3 is 15.4 Å². The lowest BCUT2D eigenvalue weighted by molar-refractivity contribution is -0.141. The molecule has 0 unspecified atom stereocenters. The predicted molar refractivity (Wildman–Crippen MR) is 120 cm³/mol. The number of aromatic nitrogens is 2. The van der Waals surface area contributed by atoms with Crippen molar-refractivity contribution in [1.29, 1.82) is 0 Å². The van der Waals surface area contributed by atoms with Gasteiger partial charge in [-0.2, -0.15) is 5.10 Å². The molecule has 2 heterocycles. The van der Waals surface area contributed by atoms with Gasteiger partial charge >= 0.3 is 0 Å². The zero-order valence-electron chi connectivity index (χ0n) is 17.0. The van der Waals surface area contributed by atoms with Crippen molar-refractivity contribution < 1.29 is 9.53 Å². The van der Waals surface area contributed by atoms with Crippen LogP contribution in [0.15, 0.2) is 66.9 Å². The molecule has 0 aliphatic carbocycles. The number of nitrogens with two attached hydrogens (primary N) is 1. The minimum atomic E-state index is -0.405. The number of carbonyl (C=O) groups is 1. The molecule has 0 radical (unpaired) electrons. The van der Waals surface area contributed by atoms with Crippen LogP contribution >= 0.6 is 12.4 Å². The average molecular weight is 427 g/mol. The van der Waals surface area contributed by atoms with E-state index in [1.807, 2.05) is 78.6 Å². The van der Waals surface area contributed by atoms with Gasteiger partial charge in [-0.05, 0) is 25.0 Å². The molecule has 158 valence electrons. The molecule has 0 spiro atoms. The Hall–Kier alpha value is -2.67. The normalized spacial score (nSPS) is 18.1. The maximum Gasteiger partial charge on any atom is 0.251 e. The summed E-state index contributed by atoms with van der Waals surface area (Å²) in [7, 11) is 1.82. The maximum absolute atomic E-state index is 12.9. The zero-order chi connectivity index (χ0) is 20.2. The number of carbonyl (C=O) groups excluding carboxylic acids is 1. The summed E-state index contributed by atoms with van der Waals surface area (Å²) < 4.78 is 7.65. The molecule has 0 bridgehead atoms. The van der Waals surface area contributed by atoms with Gasteiger partial charge in [0.05, 0.1) is 17.5 Å². The Balaban J connectivity index is 0.00000256. The van der Waals surface area contributed by atoms with E-state index in [0.717, 1.165) is 35.3 Å². The van der Waals surface area contributed by atoms with E-state index in [1.54, 1.807) is 4.90 Å². The van der Waals surface area contributed by atoms with Crippen LogP contribution in [-0.4, -0.2) is 46.4 Å². The summed E-state index contributed by atoms with van der Waals surface area (Å²) in [5.74, 6) is -0.00702. The third-order valence-corrected chi connectivity index (χ3v) is 5.29. The minimum Gasteiger partial charge on any atom is -0.364 e. The predicted octanol–water partition coefficient (Wildman–Crippen LogP) is 3.43. The lowest BCUT2D eigenvalue weighted by atomic mass is 10.1. The van der Waals surface area contributed by atoms with Crippen molar-refractivity contribution in [2.75, 3.05) is 13.6 Å². The highest BCUT2D eigenvalue weighted by Gasteiger charge is 2.32. The molecule has 7 heteroatoms. The monoisotopic (exact) mass is 426 g/mol. The summed E-state index contributed by atoms with van der Waals surface area (Å²) in [6.45, 7) is 0.915. The van der Waals surface area contributed by atoms with Crippen molar-refractivity contribution in [2.24, 2.45) is 5.73 Å². The number of amides is 1. The second kappa shape index (κ2) is 9.89. The Labute approximate surface area is 183 Å². The fourth-order valence-electron chi connectivity index (χ4n) is 3.72. The van der Waals surface area contributed by atoms with Gasteiger partial charge in [0.2, 0.25) is 0 Å². The lowest BCUT2D eigenvalue weighted by Crippen LogP contribution is -2.36. The molecule has 4 rings (SSSR count). The summed E-state index contributed by atoms with van der Waals surface area (Å²) >= 11 is 0. The largest absolute Gasteiger partial charge is 0.364 e. The van der Waals surface area contributed by atoms with Gasteiger partial charge in [-0.25, -0.2) is 4.68 Å². The van der Waals surface area contributed by atoms with Crippen LogP contribution in [-0.2, 0) is 16.1 Å². The highest BCUT2D eigenvalue weighted by Crippen LogP contribution is 2.26. The smallest absolute Gasteiger partial charge is 0.251 e. The molecule has 1 aliphatic heterocycles. The summed E-state index contributed by atoms with van der Waals surface area (Å²) in [6.07, 6.45) is 3.14. The fraction of sp³-hybridized carbons (Fsp3) is 0.304. The van der Waals surface area contributed by atoms with Crippen LogP contribution in [0, 0.1) is 0 Å². The number of hydrogen-bond donors (Lipinski definition) is 1. The highest BCUT2D eigenvalue weighted by molar-refractivity contribution is 5.85. The topological polar surface area (TPSA) is 73.4 Å². The standard InChI is InChI=1S/C23H26N4O2.ClH/c1-26(23(28)21-13-12-20(14-24)29-21)15-18-16-27(19-10-6-3-7-11-19)25-22(18)17-8-4-2-5-9-17;/h2-11,16,20-21H,12-15,24H2,1H3;1H/t20-,21+;/m1./s1. The number of benzene rings is 2. The van der Waals surface area contributed by atoms with Crippen LogP contribution in [0.4, 0.5) is 0 Å².